The van der Waals surface area contributed by atoms with Crippen LogP contribution in [-0.4, -0.2) is 11.9 Å². The number of aryl methyl sites for hydroxylation is 1. The molecule has 3 heteroatoms. The summed E-state index contributed by atoms with van der Waals surface area (Å²) in [6.45, 7) is 2.56. The van der Waals surface area contributed by atoms with Gasteiger partial charge >= 0.3 is 0 Å². The molecule has 1 rings (SSSR count). The fourth-order valence-electron chi connectivity index (χ4n) is 1.98. The first-order valence-electron chi connectivity index (χ1n) is 7.19. The van der Waals surface area contributed by atoms with Gasteiger partial charge in [0.25, 0.3) is 0 Å². The lowest BCUT2D eigenvalue weighted by atomic mass is 10.1. The smallest absolute Gasteiger partial charge is 0.165 e. The summed E-state index contributed by atoms with van der Waals surface area (Å²) in [5.74, 6) is 0.123. The maximum Gasteiger partial charge on any atom is 0.165 e. The normalized spacial score (nSPS) is 10.7. The maximum atomic E-state index is 13.4. The summed E-state index contributed by atoms with van der Waals surface area (Å²) in [5, 5.41) is 1.11. The molecular weight excluding hydrogens is 307 g/mol. The minimum atomic E-state index is -0.264. The number of alkyl halides is 1. The molecule has 1 nitrogen and oxygen atoms in total. The van der Waals surface area contributed by atoms with Crippen molar-refractivity contribution in [2.75, 3.05) is 11.9 Å². The molecule has 0 heterocycles. The number of ether oxygens (including phenoxy) is 1. The second-order valence-corrected chi connectivity index (χ2v) is 5.74. The van der Waals surface area contributed by atoms with E-state index in [9.17, 15) is 4.39 Å². The van der Waals surface area contributed by atoms with E-state index in [4.69, 9.17) is 4.74 Å². The number of benzene rings is 1. The first-order valence-corrected chi connectivity index (χ1v) is 8.31. The van der Waals surface area contributed by atoms with Gasteiger partial charge in [-0.05, 0) is 37.5 Å². The molecule has 0 saturated carbocycles. The lowest BCUT2D eigenvalue weighted by molar-refractivity contribution is 0.289. The lowest BCUT2D eigenvalue weighted by Gasteiger charge is -2.08. The molecule has 1 aromatic rings. The Morgan fingerprint density at radius 2 is 1.63 bits per heavy atom. The van der Waals surface area contributed by atoms with Crippen molar-refractivity contribution in [2.24, 2.45) is 0 Å². The van der Waals surface area contributed by atoms with E-state index in [-0.39, 0.29) is 5.82 Å². The van der Waals surface area contributed by atoms with Gasteiger partial charge in [0.15, 0.2) is 11.6 Å². The van der Waals surface area contributed by atoms with Gasteiger partial charge in [0, 0.05) is 5.33 Å². The molecule has 1 aromatic carbocycles. The summed E-state index contributed by atoms with van der Waals surface area (Å²) in [6.07, 6.45) is 8.63. The van der Waals surface area contributed by atoms with Gasteiger partial charge in [0.2, 0.25) is 0 Å². The SMILES string of the molecule is Cc1ccc(F)c(OCCCCCCCCCBr)c1. The highest BCUT2D eigenvalue weighted by Gasteiger charge is 2.02. The molecule has 0 atom stereocenters. The van der Waals surface area contributed by atoms with Gasteiger partial charge in [-0.15, -0.1) is 0 Å². The van der Waals surface area contributed by atoms with Crippen LogP contribution in [0.4, 0.5) is 4.39 Å². The molecule has 0 aromatic heterocycles. The average Bonchev–Trinajstić information content (AvgIpc) is 2.40. The van der Waals surface area contributed by atoms with Gasteiger partial charge in [-0.2, -0.15) is 0 Å². The van der Waals surface area contributed by atoms with Gasteiger partial charge in [-0.1, -0.05) is 54.1 Å². The van der Waals surface area contributed by atoms with Crippen molar-refractivity contribution >= 4 is 15.9 Å². The molecule has 19 heavy (non-hydrogen) atoms. The second kappa shape index (κ2) is 10.2. The van der Waals surface area contributed by atoms with E-state index in [1.165, 1.54) is 44.6 Å². The standard InChI is InChI=1S/C16H24BrFO/c1-14-9-10-15(18)16(13-14)19-12-8-6-4-2-3-5-7-11-17/h9-10,13H,2-8,11-12H2,1H3. The van der Waals surface area contributed by atoms with E-state index < -0.39 is 0 Å². The minimum Gasteiger partial charge on any atom is -0.491 e. The van der Waals surface area contributed by atoms with E-state index >= 15 is 0 Å². The molecule has 108 valence electrons. The van der Waals surface area contributed by atoms with E-state index in [1.54, 1.807) is 12.1 Å². The van der Waals surface area contributed by atoms with Crippen LogP contribution in [0.3, 0.4) is 0 Å². The third kappa shape index (κ3) is 7.56. The van der Waals surface area contributed by atoms with Crippen LogP contribution < -0.4 is 4.74 Å². The van der Waals surface area contributed by atoms with E-state index in [1.807, 2.05) is 6.92 Å². The molecule has 0 saturated heterocycles. The average molecular weight is 331 g/mol. The summed E-state index contributed by atoms with van der Waals surface area (Å²) in [7, 11) is 0. The second-order valence-electron chi connectivity index (χ2n) is 4.95. The van der Waals surface area contributed by atoms with Crippen LogP contribution in [0.25, 0.3) is 0 Å². The zero-order valence-electron chi connectivity index (χ0n) is 11.8. The monoisotopic (exact) mass is 330 g/mol. The molecule has 0 amide bonds. The number of rotatable bonds is 10. The quantitative estimate of drug-likeness (QED) is 0.398. The molecule has 0 fully saturated rings. The van der Waals surface area contributed by atoms with Crippen LogP contribution in [0.2, 0.25) is 0 Å². The Balaban J connectivity index is 2.03. The lowest BCUT2D eigenvalue weighted by Crippen LogP contribution is -1.99. The summed E-state index contributed by atoms with van der Waals surface area (Å²) < 4.78 is 18.9. The van der Waals surface area contributed by atoms with Crippen LogP contribution in [-0.2, 0) is 0 Å². The number of hydrogen-bond acceptors (Lipinski definition) is 1. The third-order valence-corrected chi connectivity index (χ3v) is 3.68. The zero-order valence-corrected chi connectivity index (χ0v) is 13.3. The predicted octanol–water partition coefficient (Wildman–Crippen LogP) is 5.64. The Morgan fingerprint density at radius 1 is 1.00 bits per heavy atom. The van der Waals surface area contributed by atoms with Crippen LogP contribution in [0.15, 0.2) is 18.2 Å². The molecule has 0 radical (unpaired) electrons. The Bertz CT molecular complexity index is 355. The van der Waals surface area contributed by atoms with Gasteiger partial charge < -0.3 is 4.74 Å². The van der Waals surface area contributed by atoms with Gasteiger partial charge in [-0.25, -0.2) is 4.39 Å². The largest absolute Gasteiger partial charge is 0.491 e. The fourth-order valence-corrected chi connectivity index (χ4v) is 2.38. The van der Waals surface area contributed by atoms with E-state index in [0.717, 1.165) is 17.3 Å². The van der Waals surface area contributed by atoms with Crippen LogP contribution >= 0.6 is 15.9 Å². The Hall–Kier alpha value is -0.570. The predicted molar refractivity (Wildman–Crippen MR) is 82.7 cm³/mol. The molecule has 0 N–H and O–H groups in total. The molecule has 0 aliphatic heterocycles. The highest BCUT2D eigenvalue weighted by atomic mass is 79.9. The number of hydrogen-bond donors (Lipinski definition) is 0. The van der Waals surface area contributed by atoms with Crippen molar-refractivity contribution in [3.8, 4) is 5.75 Å². The van der Waals surface area contributed by atoms with Crippen molar-refractivity contribution < 1.29 is 9.13 Å². The summed E-state index contributed by atoms with van der Waals surface area (Å²) >= 11 is 3.44. The van der Waals surface area contributed by atoms with Crippen LogP contribution in [0.5, 0.6) is 5.75 Å². The maximum absolute atomic E-state index is 13.4. The molecule has 0 unspecified atom stereocenters. The first kappa shape index (κ1) is 16.5. The third-order valence-electron chi connectivity index (χ3n) is 3.12. The Kier molecular flexibility index (Phi) is 8.89. The molecule has 0 aliphatic rings. The van der Waals surface area contributed by atoms with Gasteiger partial charge in [0.05, 0.1) is 6.61 Å². The highest BCUT2D eigenvalue weighted by molar-refractivity contribution is 9.09. The Morgan fingerprint density at radius 3 is 2.32 bits per heavy atom. The van der Waals surface area contributed by atoms with Crippen molar-refractivity contribution in [3.63, 3.8) is 0 Å². The molecule has 0 bridgehead atoms. The molecule has 0 aliphatic carbocycles. The van der Waals surface area contributed by atoms with Crippen molar-refractivity contribution in [1.82, 2.24) is 0 Å². The zero-order chi connectivity index (χ0) is 13.9. The first-order chi connectivity index (χ1) is 9.24. The summed E-state index contributed by atoms with van der Waals surface area (Å²) in [5.41, 5.74) is 1.03. The van der Waals surface area contributed by atoms with Crippen molar-refractivity contribution in [2.45, 2.75) is 51.9 Å². The van der Waals surface area contributed by atoms with Gasteiger partial charge in [0.1, 0.15) is 0 Å². The Labute approximate surface area is 124 Å². The van der Waals surface area contributed by atoms with Crippen molar-refractivity contribution in [1.29, 1.82) is 0 Å². The molecular formula is C16H24BrFO. The number of halogens is 2. The summed E-state index contributed by atoms with van der Waals surface area (Å²) in [4.78, 5) is 0. The summed E-state index contributed by atoms with van der Waals surface area (Å²) in [6, 6.07) is 4.99. The van der Waals surface area contributed by atoms with Gasteiger partial charge in [-0.3, -0.25) is 0 Å². The minimum absolute atomic E-state index is 0.264. The van der Waals surface area contributed by atoms with E-state index in [2.05, 4.69) is 15.9 Å². The topological polar surface area (TPSA) is 9.23 Å². The molecule has 0 spiro atoms. The van der Waals surface area contributed by atoms with Crippen LogP contribution in [0.1, 0.15) is 50.5 Å². The van der Waals surface area contributed by atoms with Crippen LogP contribution in [0, 0.1) is 12.7 Å². The highest BCUT2D eigenvalue weighted by Crippen LogP contribution is 2.18. The number of unbranched alkanes of at least 4 members (excludes halogenated alkanes) is 6. The van der Waals surface area contributed by atoms with E-state index in [0.29, 0.717) is 12.4 Å². The fraction of sp³-hybridized carbons (Fsp3) is 0.625. The van der Waals surface area contributed by atoms with Crippen molar-refractivity contribution in [3.05, 3.63) is 29.6 Å².